The zero-order chi connectivity index (χ0) is 13.0. The van der Waals surface area contributed by atoms with Gasteiger partial charge in [0.25, 0.3) is 0 Å². The Morgan fingerprint density at radius 3 is 2.47 bits per heavy atom. The van der Waals surface area contributed by atoms with Crippen molar-refractivity contribution in [3.63, 3.8) is 0 Å². The predicted molar refractivity (Wildman–Crippen MR) is 69.7 cm³/mol. The minimum Gasteiger partial charge on any atom is -0.543 e. The van der Waals surface area contributed by atoms with E-state index < -0.39 is 6.10 Å². The van der Waals surface area contributed by atoms with Crippen LogP contribution >= 0.6 is 0 Å². The number of aliphatic hydroxyl groups excluding tert-OH is 1. The molecule has 1 fully saturated rings. The Labute approximate surface area is 139 Å². The Morgan fingerprint density at radius 1 is 1.26 bits per heavy atom. The van der Waals surface area contributed by atoms with E-state index >= 15 is 0 Å². The van der Waals surface area contributed by atoms with Crippen LogP contribution in [0.25, 0.3) is 0 Å². The smallest absolute Gasteiger partial charge is 0.0839 e. The summed E-state index contributed by atoms with van der Waals surface area (Å²) < 4.78 is 11.5. The van der Waals surface area contributed by atoms with Crippen LogP contribution in [0.1, 0.15) is 32.3 Å². The van der Waals surface area contributed by atoms with Gasteiger partial charge in [0.15, 0.2) is 0 Å². The molecule has 0 aliphatic carbocycles. The van der Waals surface area contributed by atoms with Gasteiger partial charge in [-0.3, -0.25) is 0 Å². The molecule has 0 amide bonds. The average molecular weight is 487 g/mol. The first-order chi connectivity index (χ1) is 8.72. The Morgan fingerprint density at radius 2 is 1.89 bits per heavy atom. The molecule has 0 saturated carbocycles. The fourth-order valence-electron chi connectivity index (χ4n) is 2.48. The molecule has 2 rings (SSSR count). The van der Waals surface area contributed by atoms with Gasteiger partial charge in [0, 0.05) is 31.1 Å². The van der Waals surface area contributed by atoms with Crippen LogP contribution in [0.4, 0.5) is 0 Å². The molecule has 1 N–H and O–H groups in total. The van der Waals surface area contributed by atoms with Gasteiger partial charge in [0.1, 0.15) is 0 Å². The molecule has 104 valence electrons. The van der Waals surface area contributed by atoms with E-state index in [0.717, 1.165) is 18.4 Å². The average Bonchev–Trinajstić information content (AvgIpc) is 2.75. The van der Waals surface area contributed by atoms with Crippen LogP contribution in [-0.4, -0.2) is 22.9 Å². The van der Waals surface area contributed by atoms with Gasteiger partial charge in [-0.15, -0.1) is 0 Å². The SMILES string of the molecule is CCC1(CC)O[CH-][C@@H](O)C1OCc1ccccc1.[U]. The second-order valence-corrected chi connectivity index (χ2v) is 4.73. The number of ether oxygens (including phenoxy) is 2. The van der Waals surface area contributed by atoms with Crippen LogP contribution in [0.5, 0.6) is 0 Å². The Kier molecular flexibility index (Phi) is 7.07. The zero-order valence-corrected chi connectivity index (χ0v) is 15.7. The van der Waals surface area contributed by atoms with E-state index in [9.17, 15) is 5.11 Å². The molecule has 0 aromatic heterocycles. The van der Waals surface area contributed by atoms with E-state index in [1.165, 1.54) is 6.61 Å². The van der Waals surface area contributed by atoms with Gasteiger partial charge in [-0.05, 0) is 24.5 Å². The van der Waals surface area contributed by atoms with Crippen LogP contribution in [0.15, 0.2) is 30.3 Å². The molecule has 1 heterocycles. The third kappa shape index (κ3) is 3.83. The normalized spacial score (nSPS) is 25.0. The first kappa shape index (κ1) is 17.2. The van der Waals surface area contributed by atoms with E-state index in [1.807, 2.05) is 30.3 Å². The number of rotatable bonds is 5. The van der Waals surface area contributed by atoms with Gasteiger partial charge in [-0.1, -0.05) is 44.2 Å². The van der Waals surface area contributed by atoms with Gasteiger partial charge < -0.3 is 14.6 Å². The van der Waals surface area contributed by atoms with Crippen LogP contribution in [0, 0.1) is 37.7 Å². The van der Waals surface area contributed by atoms with Crippen LogP contribution in [0.3, 0.4) is 0 Å². The molecule has 1 unspecified atom stereocenters. The summed E-state index contributed by atoms with van der Waals surface area (Å²) in [7, 11) is 0. The van der Waals surface area contributed by atoms with Crippen molar-refractivity contribution >= 4 is 0 Å². The first-order valence-corrected chi connectivity index (χ1v) is 6.56. The van der Waals surface area contributed by atoms with Crippen molar-refractivity contribution in [3.8, 4) is 0 Å². The molecule has 1 aliphatic heterocycles. The predicted octanol–water partition coefficient (Wildman–Crippen LogP) is 2.68. The molecule has 4 heteroatoms. The molecule has 1 aromatic rings. The van der Waals surface area contributed by atoms with Gasteiger partial charge >= 0.3 is 0 Å². The van der Waals surface area contributed by atoms with E-state index in [2.05, 4.69) is 13.8 Å². The quantitative estimate of drug-likeness (QED) is 0.650. The summed E-state index contributed by atoms with van der Waals surface area (Å²) in [4.78, 5) is 0. The minimum atomic E-state index is -0.645. The van der Waals surface area contributed by atoms with Crippen LogP contribution in [-0.2, 0) is 16.1 Å². The second kappa shape index (κ2) is 7.81. The monoisotopic (exact) mass is 487 g/mol. The van der Waals surface area contributed by atoms with E-state index in [1.54, 1.807) is 0 Å². The summed E-state index contributed by atoms with van der Waals surface area (Å²) in [6, 6.07) is 9.99. The van der Waals surface area contributed by atoms with Crippen molar-refractivity contribution in [2.45, 2.75) is 51.1 Å². The van der Waals surface area contributed by atoms with Gasteiger partial charge in [0.05, 0.1) is 18.3 Å². The van der Waals surface area contributed by atoms with Gasteiger partial charge in [-0.25, -0.2) is 0 Å². The van der Waals surface area contributed by atoms with E-state index in [4.69, 9.17) is 9.47 Å². The maximum atomic E-state index is 9.96. The molecule has 3 nitrogen and oxygen atoms in total. The Bertz CT molecular complexity index is 365. The molecule has 0 radical (unpaired) electrons. The molecular formula is C15H21O3U-. The third-order valence-electron chi connectivity index (χ3n) is 3.74. The molecule has 1 aliphatic rings. The molecule has 0 spiro atoms. The number of aliphatic hydroxyl groups is 1. The Hall–Kier alpha value is 0.152. The summed E-state index contributed by atoms with van der Waals surface area (Å²) in [6.07, 6.45) is 0.730. The van der Waals surface area contributed by atoms with Crippen molar-refractivity contribution in [1.29, 1.82) is 0 Å². The fourth-order valence-corrected chi connectivity index (χ4v) is 2.48. The number of hydrogen-bond donors (Lipinski definition) is 1. The molecule has 1 aromatic carbocycles. The molecular weight excluding hydrogens is 466 g/mol. The maximum absolute atomic E-state index is 9.96. The number of hydrogen-bond acceptors (Lipinski definition) is 3. The summed E-state index contributed by atoms with van der Waals surface area (Å²) in [5.74, 6) is 0. The van der Waals surface area contributed by atoms with Crippen LogP contribution < -0.4 is 0 Å². The molecule has 1 saturated heterocycles. The summed E-state index contributed by atoms with van der Waals surface area (Å²) in [6.45, 7) is 6.13. The first-order valence-electron chi connectivity index (χ1n) is 6.56. The summed E-state index contributed by atoms with van der Waals surface area (Å²) in [5, 5.41) is 9.96. The Balaban J connectivity index is 0.00000180. The summed E-state index contributed by atoms with van der Waals surface area (Å²) >= 11 is 0. The maximum Gasteiger partial charge on any atom is 0.0839 e. The summed E-state index contributed by atoms with van der Waals surface area (Å²) in [5.41, 5.74) is 0.728. The number of benzene rings is 1. The van der Waals surface area contributed by atoms with Crippen molar-refractivity contribution in [2.24, 2.45) is 0 Å². The van der Waals surface area contributed by atoms with Crippen molar-refractivity contribution < 1.29 is 45.7 Å². The topological polar surface area (TPSA) is 38.7 Å². The fraction of sp³-hybridized carbons (Fsp3) is 0.533. The standard InChI is InChI=1S/C15H21O3.U/c1-3-15(4-2)14(13(16)11-18-15)17-10-12-8-6-5-7-9-12;/h5-9,11,13-14,16H,3-4,10H2,1-2H3;/q-1;/t13-,14?;/m1./s1. The van der Waals surface area contributed by atoms with Gasteiger partial charge in [-0.2, -0.15) is 6.61 Å². The molecule has 19 heavy (non-hydrogen) atoms. The zero-order valence-electron chi connectivity index (χ0n) is 11.5. The van der Waals surface area contributed by atoms with Crippen molar-refractivity contribution in [1.82, 2.24) is 0 Å². The van der Waals surface area contributed by atoms with Crippen molar-refractivity contribution in [2.75, 3.05) is 0 Å². The largest absolute Gasteiger partial charge is 0.543 e. The van der Waals surface area contributed by atoms with Crippen LogP contribution in [0.2, 0.25) is 0 Å². The van der Waals surface area contributed by atoms with Crippen molar-refractivity contribution in [3.05, 3.63) is 42.5 Å². The second-order valence-electron chi connectivity index (χ2n) is 4.73. The van der Waals surface area contributed by atoms with E-state index in [0.29, 0.717) is 6.61 Å². The third-order valence-corrected chi connectivity index (χ3v) is 3.74. The van der Waals surface area contributed by atoms with Gasteiger partial charge in [0.2, 0.25) is 0 Å². The molecule has 2 atom stereocenters. The minimum absolute atomic E-state index is 0. The molecule has 0 bridgehead atoms. The van der Waals surface area contributed by atoms with E-state index in [-0.39, 0.29) is 42.8 Å².